The maximum absolute atomic E-state index is 12.3. The summed E-state index contributed by atoms with van der Waals surface area (Å²) < 4.78 is 27.5. The second-order valence-corrected chi connectivity index (χ2v) is 7.38. The van der Waals surface area contributed by atoms with E-state index in [2.05, 4.69) is 16.7 Å². The molecule has 118 valence electrons. The molecule has 1 aromatic carbocycles. The summed E-state index contributed by atoms with van der Waals surface area (Å²) in [5.74, 6) is 0. The Hall–Kier alpha value is -0.950. The zero-order valence-electron chi connectivity index (χ0n) is 12.5. The average molecular weight is 312 g/mol. The number of hydrogen-bond acceptors (Lipinski definition) is 4. The highest BCUT2D eigenvalue weighted by molar-refractivity contribution is 7.89. The molecule has 1 heterocycles. The first kappa shape index (κ1) is 16.4. The fraction of sp³-hybridized carbons (Fsp3) is 0.600. The molecule has 1 fully saturated rings. The Morgan fingerprint density at radius 2 is 1.86 bits per heavy atom. The average Bonchev–Trinajstić information content (AvgIpc) is 2.48. The van der Waals surface area contributed by atoms with Crippen LogP contribution in [0.2, 0.25) is 0 Å². The standard InChI is InChI=1S/C15H24N2O3S/c1-17-10-8-14(9-11-17)16-21(19,20)15-6-4-13(5-7-15)3-2-12-18/h4-7,14,16,18H,2-3,8-12H2,1H3. The first-order valence-electron chi connectivity index (χ1n) is 7.42. The summed E-state index contributed by atoms with van der Waals surface area (Å²) in [5, 5.41) is 8.80. The number of nitrogens with zero attached hydrogens (tertiary/aromatic N) is 1. The quantitative estimate of drug-likeness (QED) is 0.822. The van der Waals surface area contributed by atoms with Crippen LogP contribution in [-0.4, -0.2) is 51.2 Å². The van der Waals surface area contributed by atoms with Crippen LogP contribution in [0.5, 0.6) is 0 Å². The SMILES string of the molecule is CN1CCC(NS(=O)(=O)c2ccc(CCCO)cc2)CC1. The lowest BCUT2D eigenvalue weighted by Gasteiger charge is -2.29. The Balaban J connectivity index is 1.98. The number of aliphatic hydroxyl groups excluding tert-OH is 1. The van der Waals surface area contributed by atoms with E-state index in [4.69, 9.17) is 5.11 Å². The Labute approximate surface area is 127 Å². The largest absolute Gasteiger partial charge is 0.396 e. The normalized spacial score (nSPS) is 18.0. The van der Waals surface area contributed by atoms with Crippen molar-refractivity contribution >= 4 is 10.0 Å². The van der Waals surface area contributed by atoms with Crippen LogP contribution in [0, 0.1) is 0 Å². The summed E-state index contributed by atoms with van der Waals surface area (Å²) >= 11 is 0. The van der Waals surface area contributed by atoms with E-state index >= 15 is 0 Å². The molecule has 5 nitrogen and oxygen atoms in total. The highest BCUT2D eigenvalue weighted by Crippen LogP contribution is 2.15. The fourth-order valence-corrected chi connectivity index (χ4v) is 3.84. The molecule has 1 aliphatic heterocycles. The number of nitrogens with one attached hydrogen (secondary N) is 1. The summed E-state index contributed by atoms with van der Waals surface area (Å²) in [4.78, 5) is 2.52. The Kier molecular flexibility index (Phi) is 5.75. The molecule has 0 bridgehead atoms. The summed E-state index contributed by atoms with van der Waals surface area (Å²) in [6, 6.07) is 6.95. The molecule has 2 N–H and O–H groups in total. The Morgan fingerprint density at radius 3 is 2.43 bits per heavy atom. The van der Waals surface area contributed by atoms with Gasteiger partial charge in [0.2, 0.25) is 10.0 Å². The van der Waals surface area contributed by atoms with Crippen molar-refractivity contribution in [2.45, 2.75) is 36.6 Å². The van der Waals surface area contributed by atoms with Crippen molar-refractivity contribution in [3.8, 4) is 0 Å². The minimum atomic E-state index is -3.43. The molecule has 0 radical (unpaired) electrons. The zero-order valence-corrected chi connectivity index (χ0v) is 13.3. The van der Waals surface area contributed by atoms with Crippen molar-refractivity contribution in [1.82, 2.24) is 9.62 Å². The van der Waals surface area contributed by atoms with Crippen LogP contribution in [0.1, 0.15) is 24.8 Å². The highest BCUT2D eigenvalue weighted by atomic mass is 32.2. The van der Waals surface area contributed by atoms with Crippen LogP contribution >= 0.6 is 0 Å². The third kappa shape index (κ3) is 4.78. The van der Waals surface area contributed by atoms with Crippen molar-refractivity contribution in [2.24, 2.45) is 0 Å². The van der Waals surface area contributed by atoms with E-state index in [0.717, 1.165) is 37.9 Å². The highest BCUT2D eigenvalue weighted by Gasteiger charge is 2.23. The molecule has 2 rings (SSSR count). The fourth-order valence-electron chi connectivity index (χ4n) is 2.53. The van der Waals surface area contributed by atoms with Gasteiger partial charge in [-0.15, -0.1) is 0 Å². The summed E-state index contributed by atoms with van der Waals surface area (Å²) in [7, 11) is -1.38. The van der Waals surface area contributed by atoms with Crippen LogP contribution in [0.25, 0.3) is 0 Å². The van der Waals surface area contributed by atoms with Gasteiger partial charge in [0.25, 0.3) is 0 Å². The molecule has 0 saturated carbocycles. The van der Waals surface area contributed by atoms with Gasteiger partial charge in [-0.3, -0.25) is 0 Å². The van der Waals surface area contributed by atoms with Gasteiger partial charge < -0.3 is 10.0 Å². The molecule has 1 saturated heterocycles. The van der Waals surface area contributed by atoms with E-state index in [1.165, 1.54) is 0 Å². The third-order valence-corrected chi connectivity index (χ3v) is 5.43. The van der Waals surface area contributed by atoms with Gasteiger partial charge in [0.1, 0.15) is 0 Å². The van der Waals surface area contributed by atoms with Crippen molar-refractivity contribution in [3.05, 3.63) is 29.8 Å². The lowest BCUT2D eigenvalue weighted by atomic mass is 10.1. The number of piperidine rings is 1. The van der Waals surface area contributed by atoms with Gasteiger partial charge >= 0.3 is 0 Å². The molecule has 1 aliphatic rings. The summed E-state index contributed by atoms with van der Waals surface area (Å²) in [5.41, 5.74) is 1.04. The predicted molar refractivity (Wildman–Crippen MR) is 82.7 cm³/mol. The molecule has 0 aromatic heterocycles. The molecule has 1 aromatic rings. The zero-order chi connectivity index (χ0) is 15.3. The van der Waals surface area contributed by atoms with Crippen LogP contribution in [0.4, 0.5) is 0 Å². The molecule has 0 amide bonds. The van der Waals surface area contributed by atoms with Crippen LogP contribution in [0.15, 0.2) is 29.2 Å². The van der Waals surface area contributed by atoms with Gasteiger partial charge in [-0.05, 0) is 63.5 Å². The summed E-state index contributed by atoms with van der Waals surface area (Å²) in [6.45, 7) is 2.00. The molecule has 0 atom stereocenters. The topological polar surface area (TPSA) is 69.6 Å². The number of aryl methyl sites for hydroxylation is 1. The Bertz CT molecular complexity index is 535. The van der Waals surface area contributed by atoms with Crippen LogP contribution in [0.3, 0.4) is 0 Å². The molecular weight excluding hydrogens is 288 g/mol. The van der Waals surface area contributed by atoms with Gasteiger partial charge in [0, 0.05) is 12.6 Å². The second kappa shape index (κ2) is 7.35. The van der Waals surface area contributed by atoms with E-state index in [1.54, 1.807) is 12.1 Å². The van der Waals surface area contributed by atoms with Gasteiger partial charge in [0.05, 0.1) is 4.90 Å². The number of sulfonamides is 1. The van der Waals surface area contributed by atoms with E-state index in [-0.39, 0.29) is 12.6 Å². The number of benzene rings is 1. The first-order valence-corrected chi connectivity index (χ1v) is 8.90. The number of likely N-dealkylation sites (tertiary alicyclic amines) is 1. The minimum Gasteiger partial charge on any atom is -0.396 e. The van der Waals surface area contributed by atoms with Crippen molar-refractivity contribution in [3.63, 3.8) is 0 Å². The van der Waals surface area contributed by atoms with Gasteiger partial charge in [0.15, 0.2) is 0 Å². The molecular formula is C15H24N2O3S. The van der Waals surface area contributed by atoms with Crippen LogP contribution in [-0.2, 0) is 16.4 Å². The van der Waals surface area contributed by atoms with Crippen molar-refractivity contribution in [2.75, 3.05) is 26.7 Å². The van der Waals surface area contributed by atoms with Gasteiger partial charge in [-0.1, -0.05) is 12.1 Å². The molecule has 21 heavy (non-hydrogen) atoms. The maximum Gasteiger partial charge on any atom is 0.240 e. The van der Waals surface area contributed by atoms with E-state index in [9.17, 15) is 8.42 Å². The minimum absolute atomic E-state index is 0.0280. The smallest absolute Gasteiger partial charge is 0.240 e. The molecule has 0 unspecified atom stereocenters. The summed E-state index contributed by atoms with van der Waals surface area (Å²) in [6.07, 6.45) is 3.16. The lowest BCUT2D eigenvalue weighted by molar-refractivity contribution is 0.248. The van der Waals surface area contributed by atoms with E-state index < -0.39 is 10.0 Å². The van der Waals surface area contributed by atoms with Crippen molar-refractivity contribution < 1.29 is 13.5 Å². The van der Waals surface area contributed by atoms with Crippen molar-refractivity contribution in [1.29, 1.82) is 0 Å². The van der Waals surface area contributed by atoms with Gasteiger partial charge in [-0.2, -0.15) is 0 Å². The number of rotatable bonds is 6. The predicted octanol–water partition coefficient (Wildman–Crippen LogP) is 0.984. The molecule has 6 heteroatoms. The lowest BCUT2D eigenvalue weighted by Crippen LogP contribution is -2.43. The monoisotopic (exact) mass is 312 g/mol. The van der Waals surface area contributed by atoms with E-state index in [0.29, 0.717) is 11.3 Å². The number of aliphatic hydroxyl groups is 1. The maximum atomic E-state index is 12.3. The molecule has 0 aliphatic carbocycles. The van der Waals surface area contributed by atoms with Crippen LogP contribution < -0.4 is 4.72 Å². The second-order valence-electron chi connectivity index (χ2n) is 5.67. The van der Waals surface area contributed by atoms with Gasteiger partial charge in [-0.25, -0.2) is 13.1 Å². The third-order valence-electron chi connectivity index (χ3n) is 3.90. The Morgan fingerprint density at radius 1 is 1.24 bits per heavy atom. The number of hydrogen-bond donors (Lipinski definition) is 2. The van der Waals surface area contributed by atoms with E-state index in [1.807, 2.05) is 12.1 Å². The first-order chi connectivity index (χ1) is 10.0. The molecule has 0 spiro atoms.